The van der Waals surface area contributed by atoms with Gasteiger partial charge >= 0.3 is 0 Å². The van der Waals surface area contributed by atoms with Crippen molar-refractivity contribution in [1.82, 2.24) is 0 Å². The molecule has 29 heavy (non-hydrogen) atoms. The number of hydrogen-bond donors (Lipinski definition) is 3. The molecule has 158 valence electrons. The Labute approximate surface area is 172 Å². The van der Waals surface area contributed by atoms with Gasteiger partial charge < -0.3 is 9.47 Å². The van der Waals surface area contributed by atoms with Gasteiger partial charge in [0.2, 0.25) is 0 Å². The van der Waals surface area contributed by atoms with Gasteiger partial charge in [0.05, 0.1) is 4.90 Å². The zero-order chi connectivity index (χ0) is 21.5. The van der Waals surface area contributed by atoms with Gasteiger partial charge in [-0.05, 0) is 17.2 Å². The van der Waals surface area contributed by atoms with Gasteiger partial charge in [-0.25, -0.2) is 0 Å². The van der Waals surface area contributed by atoms with E-state index in [2.05, 4.69) is 5.11 Å². The highest BCUT2D eigenvalue weighted by atomic mass is 32.2. The summed E-state index contributed by atoms with van der Waals surface area (Å²) < 4.78 is 72.1. The summed E-state index contributed by atoms with van der Waals surface area (Å²) in [6.45, 7) is -0.645. The van der Waals surface area contributed by atoms with Crippen molar-refractivity contribution in [3.63, 3.8) is 0 Å². The van der Waals surface area contributed by atoms with Crippen LogP contribution in [0.5, 0.6) is 11.5 Å². The van der Waals surface area contributed by atoms with E-state index in [1.165, 1.54) is 23.9 Å². The first kappa shape index (κ1) is 23.1. The molecule has 2 aromatic carbocycles. The van der Waals surface area contributed by atoms with Crippen LogP contribution in [0.15, 0.2) is 57.4 Å². The fourth-order valence-corrected chi connectivity index (χ4v) is 3.59. The average Bonchev–Trinajstić information content (AvgIpc) is 2.62. The average molecular weight is 464 g/mol. The van der Waals surface area contributed by atoms with Gasteiger partial charge in [0, 0.05) is 17.0 Å². The summed E-state index contributed by atoms with van der Waals surface area (Å²) >= 11 is 1.28. The fourth-order valence-electron chi connectivity index (χ4n) is 2.07. The van der Waals surface area contributed by atoms with Gasteiger partial charge in [-0.1, -0.05) is 30.0 Å². The van der Waals surface area contributed by atoms with E-state index in [9.17, 15) is 16.8 Å². The molecular formula is C16H19N2O8S3+. The minimum atomic E-state index is -4.20. The summed E-state index contributed by atoms with van der Waals surface area (Å²) in [5.74, 6) is -0.833. The number of rotatable bonds is 11. The molecule has 0 aliphatic carbocycles. The summed E-state index contributed by atoms with van der Waals surface area (Å²) in [5.41, 5.74) is 5.48. The maximum atomic E-state index is 10.9. The van der Waals surface area contributed by atoms with Gasteiger partial charge in [0.25, 0.3) is 20.2 Å². The maximum Gasteiger partial charge on any atom is 0.268 e. The lowest BCUT2D eigenvalue weighted by molar-refractivity contribution is -0.210. The predicted octanol–water partition coefficient (Wildman–Crippen LogP) is 1.21. The summed E-state index contributed by atoms with van der Waals surface area (Å²) in [6.07, 6.45) is 0. The van der Waals surface area contributed by atoms with Crippen molar-refractivity contribution in [2.45, 2.75) is 9.79 Å². The van der Waals surface area contributed by atoms with E-state index >= 15 is 0 Å². The number of nitrogens with zero attached hydrogens (tertiary/aromatic N) is 1. The van der Waals surface area contributed by atoms with Crippen LogP contribution in [0.2, 0.25) is 0 Å². The summed E-state index contributed by atoms with van der Waals surface area (Å²) in [7, 11) is -8.41. The van der Waals surface area contributed by atoms with E-state index in [4.69, 9.17) is 24.1 Å². The SMILES string of the molecule is [NH2+]=Nc1cc(OCCS(=O)(=O)O)c(Sc2ccccc2)cc1OCCS(=O)(=O)O. The Morgan fingerprint density at radius 1 is 0.897 bits per heavy atom. The highest BCUT2D eigenvalue weighted by Gasteiger charge is 2.17. The number of nitrogens with two attached hydrogens (primary N) is 1. The van der Waals surface area contributed by atoms with Crippen LogP contribution in [0.25, 0.3) is 0 Å². The quantitative estimate of drug-likeness (QED) is 0.328. The predicted molar refractivity (Wildman–Crippen MR) is 105 cm³/mol. The number of ether oxygens (including phenoxy) is 2. The topological polar surface area (TPSA) is 165 Å². The molecule has 13 heteroatoms. The minimum Gasteiger partial charge on any atom is -0.491 e. The molecule has 0 aliphatic rings. The summed E-state index contributed by atoms with van der Waals surface area (Å²) in [5, 5.41) is 3.56. The first-order valence-electron chi connectivity index (χ1n) is 8.05. The molecule has 4 N–H and O–H groups in total. The molecule has 0 heterocycles. The molecule has 0 saturated carbocycles. The molecule has 10 nitrogen and oxygen atoms in total. The van der Waals surface area contributed by atoms with Crippen molar-refractivity contribution in [3.05, 3.63) is 42.5 Å². The molecule has 0 fully saturated rings. The molecule has 0 aromatic heterocycles. The first-order valence-corrected chi connectivity index (χ1v) is 12.1. The third kappa shape index (κ3) is 8.37. The van der Waals surface area contributed by atoms with Crippen LogP contribution < -0.4 is 15.0 Å². The lowest BCUT2D eigenvalue weighted by Crippen LogP contribution is -2.22. The van der Waals surface area contributed by atoms with E-state index in [1.54, 1.807) is 0 Å². The van der Waals surface area contributed by atoms with Crippen LogP contribution >= 0.6 is 11.8 Å². The third-order valence-corrected chi connectivity index (χ3v) is 5.75. The van der Waals surface area contributed by atoms with E-state index in [-0.39, 0.29) is 30.4 Å². The van der Waals surface area contributed by atoms with Crippen LogP contribution in [-0.4, -0.2) is 50.7 Å². The molecule has 0 saturated heterocycles. The molecule has 0 bridgehead atoms. The van der Waals surface area contributed by atoms with E-state index in [0.29, 0.717) is 4.90 Å². The van der Waals surface area contributed by atoms with Crippen molar-refractivity contribution in [2.75, 3.05) is 24.7 Å². The number of hydrogen-bond acceptors (Lipinski definition) is 8. The monoisotopic (exact) mass is 463 g/mol. The standard InChI is InChI=1S/C16H18N2O8S3/c17-18-13-10-15(26-7-9-29(22,23)24)16(27-12-4-2-1-3-5-12)11-14(13)25-6-8-28(19,20)21/h1-5,10-11,17H,6-9H2,(H,19,20,21)(H,22,23,24)/p+1. The van der Waals surface area contributed by atoms with Crippen molar-refractivity contribution in [1.29, 1.82) is 0 Å². The molecule has 0 aliphatic heterocycles. The van der Waals surface area contributed by atoms with Crippen LogP contribution in [0.1, 0.15) is 0 Å². The highest BCUT2D eigenvalue weighted by molar-refractivity contribution is 7.99. The Bertz CT molecular complexity index is 1060. The molecule has 0 unspecified atom stereocenters. The first-order chi connectivity index (χ1) is 13.6. The Kier molecular flexibility index (Phi) is 7.98. The minimum absolute atomic E-state index is 0.125. The molecule has 2 aromatic rings. The van der Waals surface area contributed by atoms with Gasteiger partial charge in [-0.15, -0.1) is 0 Å². The summed E-state index contributed by atoms with van der Waals surface area (Å²) in [6, 6.07) is 12.1. The largest absolute Gasteiger partial charge is 0.491 e. The zero-order valence-electron chi connectivity index (χ0n) is 15.0. The molecule has 0 amide bonds. The third-order valence-electron chi connectivity index (χ3n) is 3.33. The molecular weight excluding hydrogens is 444 g/mol. The van der Waals surface area contributed by atoms with Crippen LogP contribution in [0, 0.1) is 0 Å². The lowest BCUT2D eigenvalue weighted by atomic mass is 10.2. The zero-order valence-corrected chi connectivity index (χ0v) is 17.4. The highest BCUT2D eigenvalue weighted by Crippen LogP contribution is 2.42. The normalized spacial score (nSPS) is 11.8. The fraction of sp³-hybridized carbons (Fsp3) is 0.250. The number of benzene rings is 2. The van der Waals surface area contributed by atoms with Crippen molar-refractivity contribution in [3.8, 4) is 11.5 Å². The Hall–Kier alpha value is -2.19. The van der Waals surface area contributed by atoms with E-state index in [1.807, 2.05) is 30.3 Å². The molecule has 2 rings (SSSR count). The second-order valence-electron chi connectivity index (χ2n) is 5.58. The van der Waals surface area contributed by atoms with Crippen LogP contribution in [0.4, 0.5) is 5.69 Å². The maximum absolute atomic E-state index is 10.9. The molecule has 0 radical (unpaired) electrons. The Morgan fingerprint density at radius 3 is 1.97 bits per heavy atom. The molecule has 0 atom stereocenters. The Morgan fingerprint density at radius 2 is 1.45 bits per heavy atom. The molecule has 0 spiro atoms. The van der Waals surface area contributed by atoms with Crippen molar-refractivity contribution >= 4 is 37.7 Å². The summed E-state index contributed by atoms with van der Waals surface area (Å²) in [4.78, 5) is 1.36. The Balaban J connectivity index is 2.32. The smallest absolute Gasteiger partial charge is 0.268 e. The second kappa shape index (κ2) is 10.0. The van der Waals surface area contributed by atoms with Crippen molar-refractivity contribution in [2.24, 2.45) is 5.11 Å². The van der Waals surface area contributed by atoms with Crippen LogP contribution in [0.3, 0.4) is 0 Å². The second-order valence-corrected chi connectivity index (χ2v) is 9.84. The van der Waals surface area contributed by atoms with Crippen LogP contribution in [-0.2, 0) is 20.2 Å². The van der Waals surface area contributed by atoms with Gasteiger partial charge in [0.1, 0.15) is 30.5 Å². The van der Waals surface area contributed by atoms with E-state index in [0.717, 1.165) is 4.90 Å². The van der Waals surface area contributed by atoms with Crippen molar-refractivity contribution < 1.29 is 40.9 Å². The van der Waals surface area contributed by atoms with Gasteiger partial charge in [-0.2, -0.15) is 22.4 Å². The van der Waals surface area contributed by atoms with Gasteiger partial charge in [0.15, 0.2) is 11.4 Å². The van der Waals surface area contributed by atoms with Gasteiger partial charge in [-0.3, -0.25) is 9.11 Å². The van der Waals surface area contributed by atoms with E-state index < -0.39 is 31.7 Å². The lowest BCUT2D eigenvalue weighted by Gasteiger charge is -2.14.